The van der Waals surface area contributed by atoms with E-state index < -0.39 is 0 Å². The van der Waals surface area contributed by atoms with E-state index in [1.807, 2.05) is 36.5 Å². The molecule has 0 unspecified atom stereocenters. The van der Waals surface area contributed by atoms with Crippen molar-refractivity contribution in [3.63, 3.8) is 0 Å². The molecule has 0 bridgehead atoms. The number of aryl methyl sites for hydroxylation is 1. The fourth-order valence-corrected chi connectivity index (χ4v) is 1.85. The van der Waals surface area contributed by atoms with Crippen LogP contribution in [0.25, 0.3) is 0 Å². The zero-order chi connectivity index (χ0) is 12.8. The first-order valence-corrected chi connectivity index (χ1v) is 6.20. The van der Waals surface area contributed by atoms with Crippen molar-refractivity contribution in [2.24, 2.45) is 0 Å². The van der Waals surface area contributed by atoms with Crippen LogP contribution in [0.2, 0.25) is 0 Å². The van der Waals surface area contributed by atoms with Crippen LogP contribution in [0.15, 0.2) is 42.6 Å². The van der Waals surface area contributed by atoms with Gasteiger partial charge in [-0.25, -0.2) is 0 Å². The molecule has 2 N–H and O–H groups in total. The molecule has 0 saturated heterocycles. The minimum Gasteiger partial charge on any atom is -0.493 e. The van der Waals surface area contributed by atoms with Crippen molar-refractivity contribution in [3.05, 3.63) is 53.9 Å². The zero-order valence-electron chi connectivity index (χ0n) is 10.6. The number of hydrogen-bond donors (Lipinski definition) is 1. The van der Waals surface area contributed by atoms with Crippen LogP contribution in [0.5, 0.6) is 5.75 Å². The highest BCUT2D eigenvalue weighted by atomic mass is 16.5. The number of anilines is 1. The van der Waals surface area contributed by atoms with Gasteiger partial charge < -0.3 is 10.5 Å². The second kappa shape index (κ2) is 6.05. The second-order valence-corrected chi connectivity index (χ2v) is 4.13. The van der Waals surface area contributed by atoms with Crippen molar-refractivity contribution >= 4 is 5.69 Å². The predicted molar refractivity (Wildman–Crippen MR) is 73.7 cm³/mol. The van der Waals surface area contributed by atoms with E-state index in [1.54, 1.807) is 0 Å². The lowest BCUT2D eigenvalue weighted by Gasteiger charge is -2.08. The molecule has 1 aromatic heterocycles. The lowest BCUT2D eigenvalue weighted by atomic mass is 10.1. The molecule has 94 valence electrons. The predicted octanol–water partition coefficient (Wildman–Crippen LogP) is 2.85. The summed E-state index contributed by atoms with van der Waals surface area (Å²) in [4.78, 5) is 4.39. The van der Waals surface area contributed by atoms with Gasteiger partial charge in [-0.05, 0) is 42.3 Å². The zero-order valence-corrected chi connectivity index (χ0v) is 10.6. The summed E-state index contributed by atoms with van der Waals surface area (Å²) < 4.78 is 5.67. The Bertz CT molecular complexity index is 494. The largest absolute Gasteiger partial charge is 0.493 e. The molecule has 0 aliphatic carbocycles. The molecular formula is C15H18N2O. The van der Waals surface area contributed by atoms with Gasteiger partial charge in [-0.2, -0.15) is 0 Å². The lowest BCUT2D eigenvalue weighted by molar-refractivity contribution is 0.320. The number of pyridine rings is 1. The highest BCUT2D eigenvalue weighted by molar-refractivity contribution is 5.41. The maximum Gasteiger partial charge on any atom is 0.119 e. The fraction of sp³-hybridized carbons (Fsp3) is 0.267. The molecule has 0 atom stereocenters. The van der Waals surface area contributed by atoms with Crippen LogP contribution < -0.4 is 10.5 Å². The van der Waals surface area contributed by atoms with Gasteiger partial charge >= 0.3 is 0 Å². The van der Waals surface area contributed by atoms with Gasteiger partial charge in [0, 0.05) is 24.0 Å². The van der Waals surface area contributed by atoms with Crippen LogP contribution in [0, 0.1) is 0 Å². The second-order valence-electron chi connectivity index (χ2n) is 4.13. The van der Waals surface area contributed by atoms with Gasteiger partial charge in [0.25, 0.3) is 0 Å². The number of aromatic nitrogens is 1. The average Bonchev–Trinajstić information content (AvgIpc) is 2.41. The Hall–Kier alpha value is -2.03. The Morgan fingerprint density at radius 1 is 1.17 bits per heavy atom. The van der Waals surface area contributed by atoms with E-state index in [2.05, 4.69) is 18.0 Å². The Morgan fingerprint density at radius 2 is 1.94 bits per heavy atom. The smallest absolute Gasteiger partial charge is 0.119 e. The summed E-state index contributed by atoms with van der Waals surface area (Å²) in [5.41, 5.74) is 8.78. The van der Waals surface area contributed by atoms with E-state index in [1.165, 1.54) is 5.56 Å². The molecule has 0 spiro atoms. The summed E-state index contributed by atoms with van der Waals surface area (Å²) in [7, 11) is 0. The van der Waals surface area contributed by atoms with Gasteiger partial charge in [0.2, 0.25) is 0 Å². The van der Waals surface area contributed by atoms with Crippen molar-refractivity contribution in [1.82, 2.24) is 4.98 Å². The molecule has 2 rings (SSSR count). The van der Waals surface area contributed by atoms with Gasteiger partial charge in [0.05, 0.1) is 6.61 Å². The van der Waals surface area contributed by atoms with Crippen LogP contribution in [-0.2, 0) is 12.8 Å². The number of benzene rings is 1. The van der Waals surface area contributed by atoms with Crippen molar-refractivity contribution in [3.8, 4) is 5.75 Å². The first kappa shape index (κ1) is 12.4. The number of ether oxygens (including phenoxy) is 1. The van der Waals surface area contributed by atoms with Crippen LogP contribution >= 0.6 is 0 Å². The number of hydrogen-bond acceptors (Lipinski definition) is 3. The molecule has 2 aromatic rings. The maximum atomic E-state index is 5.67. The normalized spacial score (nSPS) is 10.3. The molecule has 18 heavy (non-hydrogen) atoms. The summed E-state index contributed by atoms with van der Waals surface area (Å²) in [5, 5.41) is 0. The van der Waals surface area contributed by atoms with E-state index in [0.717, 1.165) is 30.0 Å². The Kier molecular flexibility index (Phi) is 4.18. The average molecular weight is 242 g/mol. The molecule has 0 fully saturated rings. The van der Waals surface area contributed by atoms with E-state index in [0.29, 0.717) is 6.61 Å². The first-order valence-electron chi connectivity index (χ1n) is 6.20. The van der Waals surface area contributed by atoms with Gasteiger partial charge in [-0.15, -0.1) is 0 Å². The number of nitrogen functional groups attached to an aromatic ring is 1. The third kappa shape index (κ3) is 3.23. The number of nitrogens with zero attached hydrogens (tertiary/aromatic N) is 1. The topological polar surface area (TPSA) is 48.1 Å². The van der Waals surface area contributed by atoms with E-state index in [4.69, 9.17) is 10.5 Å². The summed E-state index contributed by atoms with van der Waals surface area (Å²) in [5.74, 6) is 0.846. The van der Waals surface area contributed by atoms with Crippen LogP contribution in [0.1, 0.15) is 18.2 Å². The van der Waals surface area contributed by atoms with Crippen molar-refractivity contribution in [2.75, 3.05) is 12.3 Å². The molecule has 0 saturated carbocycles. The molecule has 0 aliphatic rings. The summed E-state index contributed by atoms with van der Waals surface area (Å²) in [6.45, 7) is 2.77. The van der Waals surface area contributed by atoms with Crippen LogP contribution in [-0.4, -0.2) is 11.6 Å². The van der Waals surface area contributed by atoms with E-state index in [-0.39, 0.29) is 0 Å². The van der Waals surface area contributed by atoms with Crippen LogP contribution in [0.4, 0.5) is 5.69 Å². The van der Waals surface area contributed by atoms with E-state index in [9.17, 15) is 0 Å². The maximum absolute atomic E-state index is 5.67. The first-order chi connectivity index (χ1) is 8.79. The Morgan fingerprint density at radius 3 is 2.67 bits per heavy atom. The Balaban J connectivity index is 1.90. The third-order valence-electron chi connectivity index (χ3n) is 2.85. The SMILES string of the molecule is CCc1cccnc1CCOc1ccc(N)cc1. The molecular weight excluding hydrogens is 224 g/mol. The number of nitrogens with two attached hydrogens (primary N) is 1. The summed E-state index contributed by atoms with van der Waals surface area (Å²) in [6.07, 6.45) is 3.66. The van der Waals surface area contributed by atoms with Crippen molar-refractivity contribution in [1.29, 1.82) is 0 Å². The van der Waals surface area contributed by atoms with Crippen molar-refractivity contribution in [2.45, 2.75) is 19.8 Å². The molecule has 3 heteroatoms. The van der Waals surface area contributed by atoms with Crippen molar-refractivity contribution < 1.29 is 4.74 Å². The molecule has 3 nitrogen and oxygen atoms in total. The van der Waals surface area contributed by atoms with Gasteiger partial charge in [-0.1, -0.05) is 13.0 Å². The number of rotatable bonds is 5. The molecule has 0 aliphatic heterocycles. The molecule has 1 aromatic carbocycles. The highest BCUT2D eigenvalue weighted by Gasteiger charge is 2.01. The fourth-order valence-electron chi connectivity index (χ4n) is 1.85. The summed E-state index contributed by atoms with van der Waals surface area (Å²) >= 11 is 0. The monoisotopic (exact) mass is 242 g/mol. The van der Waals surface area contributed by atoms with E-state index >= 15 is 0 Å². The highest BCUT2D eigenvalue weighted by Crippen LogP contribution is 2.14. The quantitative estimate of drug-likeness (QED) is 0.820. The molecule has 0 amide bonds. The standard InChI is InChI=1S/C15H18N2O/c1-2-12-4-3-10-17-15(12)9-11-18-14-7-5-13(16)6-8-14/h3-8,10H,2,9,11,16H2,1H3. The van der Waals surface area contributed by atoms with Gasteiger partial charge in [0.15, 0.2) is 0 Å². The van der Waals surface area contributed by atoms with Crippen LogP contribution in [0.3, 0.4) is 0 Å². The van der Waals surface area contributed by atoms with Gasteiger partial charge in [-0.3, -0.25) is 4.98 Å². The summed E-state index contributed by atoms with van der Waals surface area (Å²) in [6, 6.07) is 11.5. The third-order valence-corrected chi connectivity index (χ3v) is 2.85. The minimum atomic E-state index is 0.633. The minimum absolute atomic E-state index is 0.633. The van der Waals surface area contributed by atoms with Gasteiger partial charge in [0.1, 0.15) is 5.75 Å². The lowest BCUT2D eigenvalue weighted by Crippen LogP contribution is -2.05. The molecule has 1 heterocycles. The molecule has 0 radical (unpaired) electrons. The Labute approximate surface area is 108 Å².